The molecule has 0 aliphatic heterocycles. The molecule has 1 amide bonds. The summed E-state index contributed by atoms with van der Waals surface area (Å²) in [5.41, 5.74) is 3.48. The SMILES string of the molecule is O=C(Cc1ccccc1I)Nc1onc(-c2ccc(Cl)cc2)c1-c1ccncn1. The maximum absolute atomic E-state index is 12.7. The summed E-state index contributed by atoms with van der Waals surface area (Å²) < 4.78 is 6.52. The zero-order valence-corrected chi connectivity index (χ0v) is 17.9. The molecule has 0 fully saturated rings. The van der Waals surface area contributed by atoms with Crippen LogP contribution in [0.25, 0.3) is 22.5 Å². The molecule has 8 heteroatoms. The third-order valence-corrected chi connectivity index (χ3v) is 5.51. The third-order valence-electron chi connectivity index (χ3n) is 4.21. The molecule has 1 N–H and O–H groups in total. The van der Waals surface area contributed by atoms with E-state index >= 15 is 0 Å². The largest absolute Gasteiger partial charge is 0.337 e. The monoisotopic (exact) mass is 516 g/mol. The molecule has 2 aromatic heterocycles. The standard InChI is InChI=1S/C21H14ClIN4O2/c22-15-7-5-13(6-8-15)20-19(17-9-10-24-12-25-17)21(29-27-20)26-18(28)11-14-3-1-2-4-16(14)23/h1-10,12H,11H2,(H,26,28). The molecule has 0 radical (unpaired) electrons. The molecule has 29 heavy (non-hydrogen) atoms. The molecule has 4 rings (SSSR count). The quantitative estimate of drug-likeness (QED) is 0.367. The summed E-state index contributed by atoms with van der Waals surface area (Å²) in [5.74, 6) is 0.0350. The van der Waals surface area contributed by atoms with Crippen molar-refractivity contribution in [1.29, 1.82) is 0 Å². The Morgan fingerprint density at radius 3 is 2.62 bits per heavy atom. The second-order valence-corrected chi connectivity index (χ2v) is 7.75. The average molecular weight is 517 g/mol. The summed E-state index contributed by atoms with van der Waals surface area (Å²) in [6.07, 6.45) is 3.28. The molecule has 0 saturated heterocycles. The highest BCUT2D eigenvalue weighted by Gasteiger charge is 2.22. The lowest BCUT2D eigenvalue weighted by Gasteiger charge is -2.07. The molecule has 144 valence electrons. The smallest absolute Gasteiger partial charge is 0.241 e. The first-order chi connectivity index (χ1) is 14.1. The number of aromatic nitrogens is 3. The Balaban J connectivity index is 1.69. The fourth-order valence-electron chi connectivity index (χ4n) is 2.84. The van der Waals surface area contributed by atoms with Crippen LogP contribution in [0, 0.1) is 3.57 Å². The van der Waals surface area contributed by atoms with Gasteiger partial charge in [0.2, 0.25) is 11.8 Å². The average Bonchev–Trinajstić information content (AvgIpc) is 3.14. The summed E-state index contributed by atoms with van der Waals surface area (Å²) in [5, 5.41) is 7.62. The highest BCUT2D eigenvalue weighted by atomic mass is 127. The predicted molar refractivity (Wildman–Crippen MR) is 119 cm³/mol. The number of carbonyl (C=O) groups excluding carboxylic acids is 1. The van der Waals surface area contributed by atoms with E-state index in [0.29, 0.717) is 22.0 Å². The molecule has 0 spiro atoms. The van der Waals surface area contributed by atoms with E-state index < -0.39 is 0 Å². The van der Waals surface area contributed by atoms with Gasteiger partial charge in [0.05, 0.1) is 17.7 Å². The molecule has 0 bridgehead atoms. The van der Waals surface area contributed by atoms with Gasteiger partial charge < -0.3 is 4.52 Å². The molecule has 0 aliphatic rings. The summed E-state index contributed by atoms with van der Waals surface area (Å²) in [4.78, 5) is 20.9. The van der Waals surface area contributed by atoms with E-state index in [1.54, 1.807) is 24.4 Å². The lowest BCUT2D eigenvalue weighted by atomic mass is 10.0. The summed E-state index contributed by atoms with van der Waals surface area (Å²) in [7, 11) is 0. The fourth-order valence-corrected chi connectivity index (χ4v) is 3.55. The summed E-state index contributed by atoms with van der Waals surface area (Å²) in [6.45, 7) is 0. The second kappa shape index (κ2) is 8.71. The van der Waals surface area contributed by atoms with Gasteiger partial charge in [0.1, 0.15) is 12.0 Å². The highest BCUT2D eigenvalue weighted by Crippen LogP contribution is 2.37. The predicted octanol–water partition coefficient (Wildman–Crippen LogP) is 5.24. The first-order valence-electron chi connectivity index (χ1n) is 8.67. The van der Waals surface area contributed by atoms with E-state index in [1.807, 2.05) is 36.4 Å². The minimum absolute atomic E-state index is 0.205. The number of halogens is 2. The maximum Gasteiger partial charge on any atom is 0.241 e. The van der Waals surface area contributed by atoms with Crippen LogP contribution in [0.3, 0.4) is 0 Å². The Hall–Kier alpha value is -2.78. The van der Waals surface area contributed by atoms with E-state index in [0.717, 1.165) is 14.7 Å². The summed E-state index contributed by atoms with van der Waals surface area (Å²) in [6, 6.07) is 16.7. The van der Waals surface area contributed by atoms with Gasteiger partial charge in [0.25, 0.3) is 0 Å². The minimum Gasteiger partial charge on any atom is -0.337 e. The maximum atomic E-state index is 12.7. The first kappa shape index (κ1) is 19.5. The van der Waals surface area contributed by atoms with Crippen molar-refractivity contribution in [3.63, 3.8) is 0 Å². The van der Waals surface area contributed by atoms with Gasteiger partial charge in [0, 0.05) is 20.4 Å². The van der Waals surface area contributed by atoms with Crippen molar-refractivity contribution in [3.8, 4) is 22.5 Å². The van der Waals surface area contributed by atoms with Gasteiger partial charge in [0.15, 0.2) is 0 Å². The Labute approximate surface area is 185 Å². The van der Waals surface area contributed by atoms with Gasteiger partial charge in [-0.1, -0.05) is 47.1 Å². The topological polar surface area (TPSA) is 80.9 Å². The van der Waals surface area contributed by atoms with Crippen LogP contribution < -0.4 is 5.32 Å². The van der Waals surface area contributed by atoms with Crippen LogP contribution in [-0.2, 0) is 11.2 Å². The molecule has 6 nitrogen and oxygen atoms in total. The van der Waals surface area contributed by atoms with Crippen LogP contribution in [0.4, 0.5) is 5.88 Å². The van der Waals surface area contributed by atoms with Crippen molar-refractivity contribution < 1.29 is 9.32 Å². The van der Waals surface area contributed by atoms with Crippen molar-refractivity contribution in [3.05, 3.63) is 81.3 Å². The van der Waals surface area contributed by atoms with Crippen LogP contribution >= 0.6 is 34.2 Å². The van der Waals surface area contributed by atoms with Gasteiger partial charge in [-0.15, -0.1) is 0 Å². The van der Waals surface area contributed by atoms with Crippen molar-refractivity contribution in [1.82, 2.24) is 15.1 Å². The number of hydrogen-bond donors (Lipinski definition) is 1. The fraction of sp³-hybridized carbons (Fsp3) is 0.0476. The van der Waals surface area contributed by atoms with Crippen LogP contribution in [0.15, 0.2) is 71.6 Å². The lowest BCUT2D eigenvalue weighted by Crippen LogP contribution is -2.15. The van der Waals surface area contributed by atoms with Gasteiger partial charge in [-0.3, -0.25) is 10.1 Å². The minimum atomic E-state index is -0.205. The number of rotatable bonds is 5. The van der Waals surface area contributed by atoms with Crippen LogP contribution in [-0.4, -0.2) is 21.0 Å². The van der Waals surface area contributed by atoms with Crippen molar-refractivity contribution in [2.24, 2.45) is 0 Å². The summed E-state index contributed by atoms with van der Waals surface area (Å²) >= 11 is 8.21. The Bertz CT molecular complexity index is 1150. The molecular formula is C21H14ClIN4O2. The third kappa shape index (κ3) is 4.46. The Morgan fingerprint density at radius 1 is 1.10 bits per heavy atom. The lowest BCUT2D eigenvalue weighted by molar-refractivity contribution is -0.115. The molecule has 4 aromatic rings. The molecule has 2 heterocycles. The van der Waals surface area contributed by atoms with Crippen molar-refractivity contribution in [2.75, 3.05) is 5.32 Å². The zero-order chi connectivity index (χ0) is 20.2. The van der Waals surface area contributed by atoms with E-state index in [9.17, 15) is 4.79 Å². The van der Waals surface area contributed by atoms with E-state index in [-0.39, 0.29) is 18.2 Å². The highest BCUT2D eigenvalue weighted by molar-refractivity contribution is 14.1. The Morgan fingerprint density at radius 2 is 1.90 bits per heavy atom. The van der Waals surface area contributed by atoms with E-state index in [4.69, 9.17) is 16.1 Å². The van der Waals surface area contributed by atoms with Crippen molar-refractivity contribution >= 4 is 46.0 Å². The number of amides is 1. The van der Waals surface area contributed by atoms with Gasteiger partial charge in [-0.25, -0.2) is 9.97 Å². The number of nitrogens with one attached hydrogen (secondary N) is 1. The molecule has 0 saturated carbocycles. The number of carbonyl (C=O) groups is 1. The van der Waals surface area contributed by atoms with Crippen LogP contribution in [0.1, 0.15) is 5.56 Å². The second-order valence-electron chi connectivity index (χ2n) is 6.15. The van der Waals surface area contributed by atoms with Gasteiger partial charge in [-0.2, -0.15) is 0 Å². The molecule has 2 aromatic carbocycles. The number of hydrogen-bond acceptors (Lipinski definition) is 5. The van der Waals surface area contributed by atoms with Crippen molar-refractivity contribution in [2.45, 2.75) is 6.42 Å². The normalized spacial score (nSPS) is 10.7. The molecular weight excluding hydrogens is 503 g/mol. The van der Waals surface area contributed by atoms with Crippen LogP contribution in [0.2, 0.25) is 5.02 Å². The number of nitrogens with zero attached hydrogens (tertiary/aromatic N) is 3. The Kier molecular flexibility index (Phi) is 5.86. The molecule has 0 aliphatic carbocycles. The molecule has 0 unspecified atom stereocenters. The molecule has 0 atom stereocenters. The first-order valence-corrected chi connectivity index (χ1v) is 10.1. The number of benzene rings is 2. The van der Waals surface area contributed by atoms with E-state index in [1.165, 1.54) is 6.33 Å². The van der Waals surface area contributed by atoms with Crippen LogP contribution in [0.5, 0.6) is 0 Å². The van der Waals surface area contributed by atoms with Gasteiger partial charge >= 0.3 is 0 Å². The number of anilines is 1. The van der Waals surface area contributed by atoms with Gasteiger partial charge in [-0.05, 0) is 52.4 Å². The van der Waals surface area contributed by atoms with E-state index in [2.05, 4.69) is 43.0 Å². The zero-order valence-electron chi connectivity index (χ0n) is 15.0.